The largest absolute Gasteiger partial charge is 0.494 e. The van der Waals surface area contributed by atoms with Gasteiger partial charge in [0.15, 0.2) is 5.11 Å². The predicted octanol–water partition coefficient (Wildman–Crippen LogP) is 1.88. The van der Waals surface area contributed by atoms with Crippen molar-refractivity contribution in [2.75, 3.05) is 26.3 Å². The molecule has 9 heteroatoms. The van der Waals surface area contributed by atoms with Crippen LogP contribution in [0.4, 0.5) is 0 Å². The van der Waals surface area contributed by atoms with Gasteiger partial charge in [-0.1, -0.05) is 13.8 Å². The number of amides is 2. The molecule has 2 rings (SSSR count). The molecule has 0 saturated carbocycles. The van der Waals surface area contributed by atoms with Gasteiger partial charge in [-0.3, -0.25) is 19.7 Å². The van der Waals surface area contributed by atoms with Crippen LogP contribution in [0.2, 0.25) is 0 Å². The van der Waals surface area contributed by atoms with Crippen molar-refractivity contribution < 1.29 is 23.9 Å². The fourth-order valence-electron chi connectivity index (χ4n) is 2.89. The number of thiocarbonyl (C=S) groups is 1. The van der Waals surface area contributed by atoms with Crippen molar-refractivity contribution in [2.45, 2.75) is 39.7 Å². The molecular weight excluding hydrogens is 406 g/mol. The van der Waals surface area contributed by atoms with E-state index < -0.39 is 17.9 Å². The quantitative estimate of drug-likeness (QED) is 0.475. The Morgan fingerprint density at radius 3 is 2.63 bits per heavy atom. The van der Waals surface area contributed by atoms with Crippen LogP contribution in [0.5, 0.6) is 5.75 Å². The second-order valence-corrected chi connectivity index (χ2v) is 7.71. The third kappa shape index (κ3) is 6.98. The summed E-state index contributed by atoms with van der Waals surface area (Å²) >= 11 is 5.34. The molecule has 8 nitrogen and oxygen atoms in total. The third-order valence-corrected chi connectivity index (χ3v) is 4.89. The normalized spacial score (nSPS) is 16.1. The molecule has 0 radical (unpaired) electrons. The van der Waals surface area contributed by atoms with Crippen molar-refractivity contribution >= 4 is 35.1 Å². The van der Waals surface area contributed by atoms with Gasteiger partial charge in [-0.2, -0.15) is 0 Å². The first-order valence-electron chi connectivity index (χ1n) is 10.1. The number of piperazine rings is 1. The van der Waals surface area contributed by atoms with Gasteiger partial charge in [0.1, 0.15) is 11.8 Å². The molecule has 30 heavy (non-hydrogen) atoms. The zero-order chi connectivity index (χ0) is 22.1. The van der Waals surface area contributed by atoms with Gasteiger partial charge in [-0.25, -0.2) is 0 Å². The second kappa shape index (κ2) is 11.5. The monoisotopic (exact) mass is 435 g/mol. The smallest absolute Gasteiger partial charge is 0.308 e. The summed E-state index contributed by atoms with van der Waals surface area (Å²) in [5, 5.41) is 5.45. The number of carbonyl (C=O) groups is 3. The Hall–Kier alpha value is -2.68. The van der Waals surface area contributed by atoms with E-state index in [0.29, 0.717) is 36.9 Å². The highest BCUT2D eigenvalue weighted by Gasteiger charge is 2.34. The molecule has 2 amide bonds. The van der Waals surface area contributed by atoms with E-state index in [1.807, 2.05) is 0 Å². The number of nitrogens with one attached hydrogen (secondary N) is 2. The summed E-state index contributed by atoms with van der Waals surface area (Å²) in [5.41, 5.74) is 0.414. The fraction of sp³-hybridized carbons (Fsp3) is 0.524. The van der Waals surface area contributed by atoms with Gasteiger partial charge in [0.05, 0.1) is 19.6 Å². The first-order valence-corrected chi connectivity index (χ1v) is 10.5. The first-order chi connectivity index (χ1) is 14.3. The Morgan fingerprint density at radius 2 is 2.00 bits per heavy atom. The average Bonchev–Trinajstić information content (AvgIpc) is 2.69. The number of hydrogen-bond acceptors (Lipinski definition) is 6. The van der Waals surface area contributed by atoms with E-state index >= 15 is 0 Å². The lowest BCUT2D eigenvalue weighted by Gasteiger charge is -2.36. The zero-order valence-electron chi connectivity index (χ0n) is 17.6. The molecule has 0 bridgehead atoms. The highest BCUT2D eigenvalue weighted by atomic mass is 32.1. The Bertz CT molecular complexity index is 766. The van der Waals surface area contributed by atoms with Crippen LogP contribution >= 0.6 is 12.2 Å². The fourth-order valence-corrected chi connectivity index (χ4v) is 3.21. The van der Waals surface area contributed by atoms with Crippen LogP contribution in [0.25, 0.3) is 0 Å². The van der Waals surface area contributed by atoms with Crippen molar-refractivity contribution in [3.05, 3.63) is 29.8 Å². The summed E-state index contributed by atoms with van der Waals surface area (Å²) in [6, 6.07) is 5.96. The topological polar surface area (TPSA) is 97.0 Å². The highest BCUT2D eigenvalue weighted by Crippen LogP contribution is 2.15. The van der Waals surface area contributed by atoms with E-state index in [1.165, 1.54) is 0 Å². The second-order valence-electron chi connectivity index (χ2n) is 7.32. The van der Waals surface area contributed by atoms with Crippen LogP contribution in [0.15, 0.2) is 24.3 Å². The van der Waals surface area contributed by atoms with Crippen LogP contribution in [0, 0.1) is 5.92 Å². The molecule has 1 heterocycles. The summed E-state index contributed by atoms with van der Waals surface area (Å²) < 4.78 is 10.6. The van der Waals surface area contributed by atoms with Gasteiger partial charge in [-0.15, -0.1) is 0 Å². The maximum absolute atomic E-state index is 12.6. The summed E-state index contributed by atoms with van der Waals surface area (Å²) in [4.78, 5) is 38.2. The minimum Gasteiger partial charge on any atom is -0.494 e. The maximum Gasteiger partial charge on any atom is 0.308 e. The molecule has 1 aromatic carbocycles. The average molecular weight is 436 g/mol. The number of nitrogens with zero attached hydrogens (tertiary/aromatic N) is 1. The molecule has 0 aliphatic carbocycles. The molecule has 1 aliphatic heterocycles. The molecule has 0 spiro atoms. The molecule has 0 aromatic heterocycles. The summed E-state index contributed by atoms with van der Waals surface area (Å²) in [5.74, 6) is 0.0349. The first kappa shape index (κ1) is 23.6. The molecule has 1 aliphatic rings. The summed E-state index contributed by atoms with van der Waals surface area (Å²) in [6.45, 7) is 7.56. The number of ether oxygens (including phenoxy) is 2. The Morgan fingerprint density at radius 1 is 1.30 bits per heavy atom. The van der Waals surface area contributed by atoms with Crippen LogP contribution in [0.1, 0.15) is 44.0 Å². The van der Waals surface area contributed by atoms with E-state index in [4.69, 9.17) is 21.7 Å². The van der Waals surface area contributed by atoms with Crippen LogP contribution in [0.3, 0.4) is 0 Å². The Kier molecular flexibility index (Phi) is 9.04. The van der Waals surface area contributed by atoms with Crippen molar-refractivity contribution in [2.24, 2.45) is 5.92 Å². The minimum absolute atomic E-state index is 0.0985. The lowest BCUT2D eigenvalue weighted by Crippen LogP contribution is -2.60. The number of carbonyl (C=O) groups excluding carboxylic acids is 3. The molecule has 1 atom stereocenters. The predicted molar refractivity (Wildman–Crippen MR) is 116 cm³/mol. The number of esters is 1. The summed E-state index contributed by atoms with van der Waals surface area (Å²) in [7, 11) is 0. The summed E-state index contributed by atoms with van der Waals surface area (Å²) in [6.07, 6.45) is 0.810. The van der Waals surface area contributed by atoms with Gasteiger partial charge in [0.2, 0.25) is 5.91 Å². The molecule has 1 fully saturated rings. The SMILES string of the molecule is CCOC(=O)CC1C(=O)NCCN1C(=S)NC(=O)c1ccc(OCCC(C)C)cc1. The lowest BCUT2D eigenvalue weighted by atomic mass is 10.1. The van der Waals surface area contributed by atoms with Crippen LogP contribution in [-0.4, -0.2) is 60.1 Å². The Labute approximate surface area is 182 Å². The van der Waals surface area contributed by atoms with E-state index in [-0.39, 0.29) is 24.0 Å². The molecular formula is C21H29N3O5S. The standard InChI is InChI=1S/C21H29N3O5S/c1-4-28-18(25)13-17-20(27)22-10-11-24(17)21(30)23-19(26)15-5-7-16(8-6-15)29-12-9-14(2)3/h5-8,14,17H,4,9-13H2,1-3H3,(H,22,27)(H,23,26,30). The van der Waals surface area contributed by atoms with E-state index in [1.54, 1.807) is 36.1 Å². The molecule has 1 aromatic rings. The number of hydrogen-bond donors (Lipinski definition) is 2. The molecule has 2 N–H and O–H groups in total. The van der Waals surface area contributed by atoms with Crippen molar-refractivity contribution in [3.63, 3.8) is 0 Å². The number of rotatable bonds is 8. The van der Waals surface area contributed by atoms with Crippen LogP contribution in [-0.2, 0) is 14.3 Å². The number of benzene rings is 1. The minimum atomic E-state index is -0.817. The van der Waals surface area contributed by atoms with E-state index in [2.05, 4.69) is 24.5 Å². The van der Waals surface area contributed by atoms with Crippen molar-refractivity contribution in [1.29, 1.82) is 0 Å². The van der Waals surface area contributed by atoms with Gasteiger partial charge in [0, 0.05) is 18.7 Å². The third-order valence-electron chi connectivity index (χ3n) is 4.56. The molecule has 164 valence electrons. The maximum atomic E-state index is 12.6. The highest BCUT2D eigenvalue weighted by molar-refractivity contribution is 7.80. The van der Waals surface area contributed by atoms with Gasteiger partial charge < -0.3 is 19.7 Å². The lowest BCUT2D eigenvalue weighted by molar-refractivity contribution is -0.147. The van der Waals surface area contributed by atoms with Gasteiger partial charge in [0.25, 0.3) is 5.91 Å². The van der Waals surface area contributed by atoms with Gasteiger partial charge in [-0.05, 0) is 55.7 Å². The van der Waals surface area contributed by atoms with Gasteiger partial charge >= 0.3 is 5.97 Å². The van der Waals surface area contributed by atoms with E-state index in [9.17, 15) is 14.4 Å². The van der Waals surface area contributed by atoms with Crippen molar-refractivity contribution in [3.8, 4) is 5.75 Å². The molecule has 1 unspecified atom stereocenters. The zero-order valence-corrected chi connectivity index (χ0v) is 18.4. The van der Waals surface area contributed by atoms with Crippen molar-refractivity contribution in [1.82, 2.24) is 15.5 Å². The van der Waals surface area contributed by atoms with E-state index in [0.717, 1.165) is 6.42 Å². The molecule has 1 saturated heterocycles. The Balaban J connectivity index is 1.96. The van der Waals surface area contributed by atoms with Crippen LogP contribution < -0.4 is 15.4 Å².